The van der Waals surface area contributed by atoms with Crippen LogP contribution in [0.15, 0.2) is 12.1 Å². The molecule has 3 N–H and O–H groups in total. The summed E-state index contributed by atoms with van der Waals surface area (Å²) in [6.45, 7) is 7.76. The fraction of sp³-hybridized carbons (Fsp3) is 0.636. The predicted octanol–water partition coefficient (Wildman–Crippen LogP) is 2.26. The van der Waals surface area contributed by atoms with E-state index in [1.54, 1.807) is 14.2 Å². The Bertz CT molecular complexity index is 710. The van der Waals surface area contributed by atoms with E-state index in [0.717, 1.165) is 50.2 Å². The average molecular weight is 439 g/mol. The van der Waals surface area contributed by atoms with Crippen LogP contribution in [0.25, 0.3) is 0 Å². The summed E-state index contributed by atoms with van der Waals surface area (Å²) < 4.78 is 10.5. The van der Waals surface area contributed by atoms with Gasteiger partial charge in [-0.25, -0.2) is 9.59 Å². The van der Waals surface area contributed by atoms with Gasteiger partial charge in [-0.05, 0) is 36.5 Å². The van der Waals surface area contributed by atoms with Gasteiger partial charge in [0.25, 0.3) is 0 Å². The average Bonchev–Trinajstić information content (AvgIpc) is 2.75. The van der Waals surface area contributed by atoms with Crippen molar-refractivity contribution in [1.29, 1.82) is 0 Å². The highest BCUT2D eigenvalue weighted by Gasteiger charge is 2.27. The number of carbonyl (C=O) groups is 2. The lowest BCUT2D eigenvalue weighted by Crippen LogP contribution is -2.50. The number of hydrogen-bond donors (Lipinski definition) is 3. The number of ether oxygens (including phenoxy) is 2. The number of piperazine rings is 1. The van der Waals surface area contributed by atoms with Crippen molar-refractivity contribution in [3.63, 3.8) is 0 Å². The number of carboxylic acids is 2. The molecule has 1 saturated heterocycles. The van der Waals surface area contributed by atoms with Crippen LogP contribution in [0.4, 0.5) is 0 Å². The highest BCUT2D eigenvalue weighted by Crippen LogP contribution is 2.37. The van der Waals surface area contributed by atoms with E-state index in [4.69, 9.17) is 29.3 Å². The molecule has 0 spiro atoms. The van der Waals surface area contributed by atoms with Gasteiger partial charge in [0.1, 0.15) is 0 Å². The third-order valence-electron chi connectivity index (χ3n) is 5.96. The van der Waals surface area contributed by atoms with Gasteiger partial charge in [-0.3, -0.25) is 9.80 Å². The van der Waals surface area contributed by atoms with Crippen molar-refractivity contribution in [3.8, 4) is 17.2 Å². The Labute approximate surface area is 183 Å². The molecule has 0 aromatic heterocycles. The summed E-state index contributed by atoms with van der Waals surface area (Å²) in [7, 11) is 3.14. The van der Waals surface area contributed by atoms with E-state index >= 15 is 0 Å². The minimum atomic E-state index is -1.82. The minimum absolute atomic E-state index is 0.0741. The van der Waals surface area contributed by atoms with E-state index in [1.165, 1.54) is 25.7 Å². The smallest absolute Gasteiger partial charge is 0.414 e. The Balaban J connectivity index is 0.000000501. The number of methoxy groups -OCH3 is 2. The molecule has 31 heavy (non-hydrogen) atoms. The SMILES string of the molecule is COc1cc(CN2CCN(C3CCCC(C)C3)CC2)cc(OC)c1O.O=C(O)C(=O)O. The van der Waals surface area contributed by atoms with Crippen LogP contribution < -0.4 is 9.47 Å². The molecule has 3 rings (SSSR count). The second kappa shape index (κ2) is 11.8. The van der Waals surface area contributed by atoms with E-state index in [-0.39, 0.29) is 5.75 Å². The summed E-state index contributed by atoms with van der Waals surface area (Å²) in [5.41, 5.74) is 1.12. The Morgan fingerprint density at radius 1 is 1.00 bits per heavy atom. The second-order valence-electron chi connectivity index (χ2n) is 8.20. The summed E-state index contributed by atoms with van der Waals surface area (Å²) in [5, 5.41) is 24.8. The Morgan fingerprint density at radius 2 is 1.55 bits per heavy atom. The highest BCUT2D eigenvalue weighted by atomic mass is 16.5. The molecule has 174 valence electrons. The maximum Gasteiger partial charge on any atom is 0.414 e. The molecular weight excluding hydrogens is 404 g/mol. The molecule has 2 atom stereocenters. The summed E-state index contributed by atoms with van der Waals surface area (Å²) in [5.74, 6) is -1.74. The summed E-state index contributed by atoms with van der Waals surface area (Å²) in [4.78, 5) is 23.4. The van der Waals surface area contributed by atoms with Crippen LogP contribution in [0, 0.1) is 5.92 Å². The van der Waals surface area contributed by atoms with Gasteiger partial charge >= 0.3 is 11.9 Å². The van der Waals surface area contributed by atoms with Crippen LogP contribution in [0.3, 0.4) is 0 Å². The second-order valence-corrected chi connectivity index (χ2v) is 8.20. The van der Waals surface area contributed by atoms with E-state index in [9.17, 15) is 5.11 Å². The van der Waals surface area contributed by atoms with Gasteiger partial charge < -0.3 is 24.8 Å². The predicted molar refractivity (Wildman–Crippen MR) is 115 cm³/mol. The Morgan fingerprint density at radius 3 is 2.00 bits per heavy atom. The van der Waals surface area contributed by atoms with Crippen LogP contribution in [-0.4, -0.2) is 83.5 Å². The molecule has 1 heterocycles. The maximum atomic E-state index is 10.0. The topological polar surface area (TPSA) is 120 Å². The van der Waals surface area contributed by atoms with E-state index in [1.807, 2.05) is 12.1 Å². The molecule has 0 amide bonds. The van der Waals surface area contributed by atoms with Crippen molar-refractivity contribution >= 4 is 11.9 Å². The van der Waals surface area contributed by atoms with E-state index < -0.39 is 11.9 Å². The number of aromatic hydroxyl groups is 1. The van der Waals surface area contributed by atoms with Gasteiger partial charge in [0.15, 0.2) is 11.5 Å². The summed E-state index contributed by atoms with van der Waals surface area (Å²) in [6, 6.07) is 4.61. The number of nitrogens with zero attached hydrogens (tertiary/aromatic N) is 2. The molecule has 1 saturated carbocycles. The first kappa shape index (κ1) is 24.7. The van der Waals surface area contributed by atoms with Crippen LogP contribution in [0.5, 0.6) is 17.2 Å². The first-order valence-electron chi connectivity index (χ1n) is 10.6. The Hall–Kier alpha value is -2.52. The highest BCUT2D eigenvalue weighted by molar-refractivity contribution is 6.27. The quantitative estimate of drug-likeness (QED) is 0.595. The van der Waals surface area contributed by atoms with Crippen molar-refractivity contribution in [1.82, 2.24) is 9.80 Å². The molecule has 0 radical (unpaired) electrons. The molecule has 9 nitrogen and oxygen atoms in total. The van der Waals surface area contributed by atoms with Crippen LogP contribution >= 0.6 is 0 Å². The number of benzene rings is 1. The van der Waals surface area contributed by atoms with Gasteiger partial charge in [-0.15, -0.1) is 0 Å². The lowest BCUT2D eigenvalue weighted by atomic mass is 9.86. The first-order valence-corrected chi connectivity index (χ1v) is 10.6. The summed E-state index contributed by atoms with van der Waals surface area (Å²) >= 11 is 0. The minimum Gasteiger partial charge on any atom is -0.502 e. The Kier molecular flexibility index (Phi) is 9.39. The molecule has 0 bridgehead atoms. The van der Waals surface area contributed by atoms with E-state index in [0.29, 0.717) is 11.5 Å². The van der Waals surface area contributed by atoms with Gasteiger partial charge in [0.05, 0.1) is 14.2 Å². The van der Waals surface area contributed by atoms with Gasteiger partial charge in [-0.2, -0.15) is 0 Å². The standard InChI is InChI=1S/C20H32N2O3.C2H2O4/c1-15-5-4-6-17(11-15)22-9-7-21(8-10-22)14-16-12-18(24-2)20(23)19(13-16)25-3;3-1(4)2(5)6/h12-13,15,17,23H,4-11,14H2,1-3H3;(H,3,4)(H,5,6). The van der Waals surface area contributed by atoms with Gasteiger partial charge in [0.2, 0.25) is 5.75 Å². The molecular formula is C22H34N2O7. The van der Waals surface area contributed by atoms with Gasteiger partial charge in [-0.1, -0.05) is 19.8 Å². The normalized spacial score (nSPS) is 22.2. The van der Waals surface area contributed by atoms with Crippen LogP contribution in [0.2, 0.25) is 0 Å². The fourth-order valence-corrected chi connectivity index (χ4v) is 4.32. The van der Waals surface area contributed by atoms with Gasteiger partial charge in [0, 0.05) is 38.8 Å². The molecule has 1 aromatic rings. The van der Waals surface area contributed by atoms with Crippen molar-refractivity contribution in [2.24, 2.45) is 5.92 Å². The monoisotopic (exact) mass is 438 g/mol. The maximum absolute atomic E-state index is 10.0. The largest absolute Gasteiger partial charge is 0.502 e. The van der Waals surface area contributed by atoms with Crippen molar-refractivity contribution in [3.05, 3.63) is 17.7 Å². The number of aliphatic carboxylic acids is 2. The number of rotatable bonds is 5. The zero-order chi connectivity index (χ0) is 23.0. The zero-order valence-corrected chi connectivity index (χ0v) is 18.5. The zero-order valence-electron chi connectivity index (χ0n) is 18.5. The number of hydrogen-bond acceptors (Lipinski definition) is 7. The molecule has 2 aliphatic rings. The first-order chi connectivity index (χ1) is 14.7. The number of phenols is 1. The van der Waals surface area contributed by atoms with Crippen LogP contribution in [0.1, 0.15) is 38.2 Å². The number of phenolic OH excluding ortho intramolecular Hbond substituents is 1. The lowest BCUT2D eigenvalue weighted by molar-refractivity contribution is -0.159. The lowest BCUT2D eigenvalue weighted by Gasteiger charge is -2.42. The van der Waals surface area contributed by atoms with Crippen LogP contribution in [-0.2, 0) is 16.1 Å². The number of carboxylic acid groups (broad SMARTS) is 2. The van der Waals surface area contributed by atoms with Crippen molar-refractivity contribution in [2.75, 3.05) is 40.4 Å². The van der Waals surface area contributed by atoms with Crippen molar-refractivity contribution < 1.29 is 34.4 Å². The third kappa shape index (κ3) is 7.29. The molecule has 1 aromatic carbocycles. The summed E-state index contributed by atoms with van der Waals surface area (Å²) in [6.07, 6.45) is 5.53. The molecule has 9 heteroatoms. The molecule has 1 aliphatic heterocycles. The van der Waals surface area contributed by atoms with Crippen molar-refractivity contribution in [2.45, 2.75) is 45.2 Å². The molecule has 1 aliphatic carbocycles. The third-order valence-corrected chi connectivity index (χ3v) is 5.96. The molecule has 2 fully saturated rings. The molecule has 2 unspecified atom stereocenters. The van der Waals surface area contributed by atoms with E-state index in [2.05, 4.69) is 16.7 Å². The fourth-order valence-electron chi connectivity index (χ4n) is 4.32.